The van der Waals surface area contributed by atoms with E-state index < -0.39 is 0 Å². The zero-order valence-corrected chi connectivity index (χ0v) is 12.9. The van der Waals surface area contributed by atoms with Gasteiger partial charge in [0.1, 0.15) is 0 Å². The molecule has 2 rings (SSSR count). The first kappa shape index (κ1) is 15.2. The van der Waals surface area contributed by atoms with Gasteiger partial charge < -0.3 is 10.4 Å². The van der Waals surface area contributed by atoms with Crippen LogP contribution in [0.1, 0.15) is 32.6 Å². The van der Waals surface area contributed by atoms with Crippen LogP contribution in [0, 0.1) is 0 Å². The van der Waals surface area contributed by atoms with E-state index in [9.17, 15) is 5.11 Å². The molecule has 0 saturated heterocycles. The van der Waals surface area contributed by atoms with E-state index in [1.54, 1.807) is 0 Å². The zero-order chi connectivity index (χ0) is 13.7. The molecule has 1 aliphatic rings. The van der Waals surface area contributed by atoms with Crippen LogP contribution in [0.2, 0.25) is 5.02 Å². The van der Waals surface area contributed by atoms with Crippen molar-refractivity contribution in [2.45, 2.75) is 48.3 Å². The largest absolute Gasteiger partial charge is 0.394 e. The van der Waals surface area contributed by atoms with Crippen LogP contribution in [0.5, 0.6) is 0 Å². The molecule has 1 fully saturated rings. The van der Waals surface area contributed by atoms with E-state index in [4.69, 9.17) is 11.6 Å². The maximum absolute atomic E-state index is 9.71. The number of halogens is 1. The third-order valence-electron chi connectivity index (χ3n) is 3.75. The van der Waals surface area contributed by atoms with Crippen LogP contribution in [-0.2, 0) is 0 Å². The summed E-state index contributed by atoms with van der Waals surface area (Å²) in [6.45, 7) is 3.24. The molecule has 1 aromatic carbocycles. The SMILES string of the molecule is CCNC1(CO)CCCC(Sc2cccc(Cl)c2)C1. The second kappa shape index (κ2) is 6.98. The molecule has 2 nitrogen and oxygen atoms in total. The fourth-order valence-corrected chi connectivity index (χ4v) is 4.56. The smallest absolute Gasteiger partial charge is 0.0613 e. The summed E-state index contributed by atoms with van der Waals surface area (Å²) < 4.78 is 0. The first-order chi connectivity index (χ1) is 9.17. The average Bonchev–Trinajstić information content (AvgIpc) is 2.39. The molecular weight excluding hydrogens is 278 g/mol. The number of thioether (sulfide) groups is 1. The Labute approximate surface area is 124 Å². The van der Waals surface area contributed by atoms with Crippen molar-refractivity contribution in [3.8, 4) is 0 Å². The van der Waals surface area contributed by atoms with E-state index in [0.717, 1.165) is 24.4 Å². The van der Waals surface area contributed by atoms with E-state index in [0.29, 0.717) is 5.25 Å². The lowest BCUT2D eigenvalue weighted by Crippen LogP contribution is -2.52. The highest BCUT2D eigenvalue weighted by Gasteiger charge is 2.35. The quantitative estimate of drug-likeness (QED) is 0.869. The van der Waals surface area contributed by atoms with Crippen LogP contribution in [0.3, 0.4) is 0 Å². The van der Waals surface area contributed by atoms with Crippen molar-refractivity contribution >= 4 is 23.4 Å². The Balaban J connectivity index is 2.01. The Kier molecular flexibility index (Phi) is 5.58. The summed E-state index contributed by atoms with van der Waals surface area (Å²) in [4.78, 5) is 1.22. The number of hydrogen-bond acceptors (Lipinski definition) is 3. The van der Waals surface area contributed by atoms with Gasteiger partial charge in [-0.3, -0.25) is 0 Å². The Bertz CT molecular complexity index is 411. The molecule has 2 unspecified atom stereocenters. The molecule has 0 amide bonds. The normalized spacial score (nSPS) is 27.4. The van der Waals surface area contributed by atoms with Crippen molar-refractivity contribution in [3.63, 3.8) is 0 Å². The van der Waals surface area contributed by atoms with E-state index in [-0.39, 0.29) is 12.1 Å². The van der Waals surface area contributed by atoms with E-state index in [1.165, 1.54) is 17.7 Å². The minimum absolute atomic E-state index is 0.0801. The van der Waals surface area contributed by atoms with E-state index >= 15 is 0 Å². The van der Waals surface area contributed by atoms with Crippen molar-refractivity contribution in [2.75, 3.05) is 13.2 Å². The predicted octanol–water partition coefficient (Wildman–Crippen LogP) is 3.72. The van der Waals surface area contributed by atoms with Gasteiger partial charge in [0.2, 0.25) is 0 Å². The Morgan fingerprint density at radius 2 is 2.37 bits per heavy atom. The summed E-state index contributed by atoms with van der Waals surface area (Å²) in [6.07, 6.45) is 4.48. The number of aliphatic hydroxyl groups is 1. The number of rotatable bonds is 5. The van der Waals surface area contributed by atoms with Crippen molar-refractivity contribution in [3.05, 3.63) is 29.3 Å². The fraction of sp³-hybridized carbons (Fsp3) is 0.600. The van der Waals surface area contributed by atoms with Crippen LogP contribution in [0.25, 0.3) is 0 Å². The molecule has 0 heterocycles. The van der Waals surface area contributed by atoms with Crippen LogP contribution in [0.4, 0.5) is 0 Å². The molecular formula is C15H22ClNOS. The molecule has 1 aromatic rings. The number of likely N-dealkylation sites (N-methyl/N-ethyl adjacent to an activating group) is 1. The fourth-order valence-electron chi connectivity index (χ4n) is 2.88. The third-order valence-corrected chi connectivity index (χ3v) is 5.25. The van der Waals surface area contributed by atoms with Gasteiger partial charge in [0, 0.05) is 20.7 Å². The maximum Gasteiger partial charge on any atom is 0.0613 e. The van der Waals surface area contributed by atoms with Gasteiger partial charge >= 0.3 is 0 Å². The summed E-state index contributed by atoms with van der Waals surface area (Å²) in [5, 5.41) is 14.5. The minimum Gasteiger partial charge on any atom is -0.394 e. The topological polar surface area (TPSA) is 32.3 Å². The third kappa shape index (κ3) is 4.12. The van der Waals surface area contributed by atoms with Gasteiger partial charge in [-0.2, -0.15) is 0 Å². The van der Waals surface area contributed by atoms with Crippen molar-refractivity contribution in [2.24, 2.45) is 0 Å². The summed E-state index contributed by atoms with van der Waals surface area (Å²) in [7, 11) is 0. The lowest BCUT2D eigenvalue weighted by atomic mass is 9.82. The molecule has 0 bridgehead atoms. The number of hydrogen-bond donors (Lipinski definition) is 2. The van der Waals surface area contributed by atoms with Crippen LogP contribution in [0.15, 0.2) is 29.2 Å². The second-order valence-electron chi connectivity index (χ2n) is 5.26. The van der Waals surface area contributed by atoms with Crippen LogP contribution >= 0.6 is 23.4 Å². The minimum atomic E-state index is -0.0801. The van der Waals surface area contributed by atoms with E-state index in [1.807, 2.05) is 30.0 Å². The van der Waals surface area contributed by atoms with Gasteiger partial charge in [-0.05, 0) is 44.0 Å². The van der Waals surface area contributed by atoms with Gasteiger partial charge in [0.15, 0.2) is 0 Å². The Hall–Kier alpha value is -0.220. The molecule has 2 N–H and O–H groups in total. The standard InChI is InChI=1S/C15H22ClNOS/c1-2-17-15(11-18)8-4-7-14(10-15)19-13-6-3-5-12(16)9-13/h3,5-6,9,14,17-18H,2,4,7-8,10-11H2,1H3. The maximum atomic E-state index is 9.71. The van der Waals surface area contributed by atoms with Gasteiger partial charge in [-0.15, -0.1) is 11.8 Å². The van der Waals surface area contributed by atoms with E-state index in [2.05, 4.69) is 18.3 Å². The highest BCUT2D eigenvalue weighted by atomic mass is 35.5. The molecule has 4 heteroatoms. The van der Waals surface area contributed by atoms with Gasteiger partial charge in [0.25, 0.3) is 0 Å². The molecule has 0 spiro atoms. The average molecular weight is 300 g/mol. The summed E-state index contributed by atoms with van der Waals surface area (Å²) in [6, 6.07) is 8.04. The number of benzene rings is 1. The van der Waals surface area contributed by atoms with Crippen LogP contribution < -0.4 is 5.32 Å². The van der Waals surface area contributed by atoms with Gasteiger partial charge in [-0.25, -0.2) is 0 Å². The van der Waals surface area contributed by atoms with Gasteiger partial charge in [0.05, 0.1) is 6.61 Å². The second-order valence-corrected chi connectivity index (χ2v) is 7.07. The number of nitrogens with one attached hydrogen (secondary N) is 1. The highest BCUT2D eigenvalue weighted by Crippen LogP contribution is 2.38. The molecule has 0 aromatic heterocycles. The lowest BCUT2D eigenvalue weighted by molar-refractivity contribution is 0.125. The zero-order valence-electron chi connectivity index (χ0n) is 11.4. The monoisotopic (exact) mass is 299 g/mol. The first-order valence-electron chi connectivity index (χ1n) is 6.95. The molecule has 1 aliphatic carbocycles. The lowest BCUT2D eigenvalue weighted by Gasteiger charge is -2.40. The molecule has 106 valence electrons. The first-order valence-corrected chi connectivity index (χ1v) is 8.21. The van der Waals surface area contributed by atoms with Crippen molar-refractivity contribution in [1.29, 1.82) is 0 Å². The molecule has 1 saturated carbocycles. The van der Waals surface area contributed by atoms with Gasteiger partial charge in [-0.1, -0.05) is 31.0 Å². The predicted molar refractivity (Wildman–Crippen MR) is 83.1 cm³/mol. The van der Waals surface area contributed by atoms with Crippen molar-refractivity contribution in [1.82, 2.24) is 5.32 Å². The van der Waals surface area contributed by atoms with Crippen molar-refractivity contribution < 1.29 is 5.11 Å². The Morgan fingerprint density at radius 3 is 3.05 bits per heavy atom. The molecule has 19 heavy (non-hydrogen) atoms. The molecule has 0 aliphatic heterocycles. The van der Waals surface area contributed by atoms with Crippen LogP contribution in [-0.4, -0.2) is 29.0 Å². The number of aliphatic hydroxyl groups excluding tert-OH is 1. The summed E-state index contributed by atoms with van der Waals surface area (Å²) in [5.41, 5.74) is -0.0801. The summed E-state index contributed by atoms with van der Waals surface area (Å²) in [5.74, 6) is 0. The molecule has 2 atom stereocenters. The summed E-state index contributed by atoms with van der Waals surface area (Å²) >= 11 is 7.92. The molecule has 0 radical (unpaired) electrons. The highest BCUT2D eigenvalue weighted by molar-refractivity contribution is 8.00. The Morgan fingerprint density at radius 1 is 1.53 bits per heavy atom.